The van der Waals surface area contributed by atoms with E-state index < -0.39 is 23.7 Å². The molecule has 0 bridgehead atoms. The Bertz CT molecular complexity index is 1230. The first-order valence-electron chi connectivity index (χ1n) is 10.3. The molecule has 1 atom stereocenters. The second kappa shape index (κ2) is 9.39. The summed E-state index contributed by atoms with van der Waals surface area (Å²) >= 11 is 12.6. The summed E-state index contributed by atoms with van der Waals surface area (Å²) in [6, 6.07) is 12.3. The number of alkyl halides is 3. The highest BCUT2D eigenvalue weighted by atomic mass is 35.5. The summed E-state index contributed by atoms with van der Waals surface area (Å²) in [5.41, 5.74) is 1.08. The molecule has 0 saturated heterocycles. The van der Waals surface area contributed by atoms with Crippen molar-refractivity contribution in [1.29, 1.82) is 0 Å². The number of methoxy groups -OCH3 is 2. The molecule has 0 fully saturated rings. The maximum Gasteiger partial charge on any atom is 0.416 e. The number of amides is 1. The Morgan fingerprint density at radius 1 is 0.971 bits per heavy atom. The molecule has 4 rings (SSSR count). The summed E-state index contributed by atoms with van der Waals surface area (Å²) in [5, 5.41) is 0.330. The van der Waals surface area contributed by atoms with Crippen molar-refractivity contribution in [2.45, 2.75) is 18.6 Å². The van der Waals surface area contributed by atoms with E-state index in [1.54, 1.807) is 36.4 Å². The molecule has 178 valence electrons. The van der Waals surface area contributed by atoms with Crippen LogP contribution in [-0.2, 0) is 12.6 Å². The highest BCUT2D eigenvalue weighted by Crippen LogP contribution is 2.43. The monoisotopic (exact) mass is 509 g/mol. The molecule has 4 nitrogen and oxygen atoms in total. The fourth-order valence-electron chi connectivity index (χ4n) is 4.25. The lowest BCUT2D eigenvalue weighted by atomic mass is 9.86. The minimum atomic E-state index is -4.54. The molecule has 1 aliphatic rings. The van der Waals surface area contributed by atoms with Gasteiger partial charge < -0.3 is 14.4 Å². The number of fused-ring (bicyclic) bond motifs is 1. The number of halogens is 5. The van der Waals surface area contributed by atoms with E-state index >= 15 is 0 Å². The fourth-order valence-corrected chi connectivity index (χ4v) is 4.81. The normalized spacial score (nSPS) is 15.6. The summed E-state index contributed by atoms with van der Waals surface area (Å²) in [6.45, 7) is 0.240. The van der Waals surface area contributed by atoms with Crippen LogP contribution in [0.2, 0.25) is 10.0 Å². The van der Waals surface area contributed by atoms with Crippen molar-refractivity contribution in [3.63, 3.8) is 0 Å². The van der Waals surface area contributed by atoms with Crippen LogP contribution < -0.4 is 9.47 Å². The summed E-state index contributed by atoms with van der Waals surface area (Å²) in [4.78, 5) is 15.2. The van der Waals surface area contributed by atoms with Crippen molar-refractivity contribution in [1.82, 2.24) is 4.90 Å². The van der Waals surface area contributed by atoms with E-state index in [-0.39, 0.29) is 22.2 Å². The van der Waals surface area contributed by atoms with Gasteiger partial charge in [0.1, 0.15) is 0 Å². The van der Waals surface area contributed by atoms with Crippen LogP contribution in [0.5, 0.6) is 11.5 Å². The van der Waals surface area contributed by atoms with Gasteiger partial charge in [0, 0.05) is 6.54 Å². The van der Waals surface area contributed by atoms with Crippen LogP contribution in [0.4, 0.5) is 13.2 Å². The lowest BCUT2D eigenvalue weighted by molar-refractivity contribution is -0.137. The minimum absolute atomic E-state index is 0.103. The van der Waals surface area contributed by atoms with Crippen LogP contribution in [0, 0.1) is 0 Å². The van der Waals surface area contributed by atoms with Crippen molar-refractivity contribution >= 4 is 29.1 Å². The van der Waals surface area contributed by atoms with E-state index in [9.17, 15) is 18.0 Å². The van der Waals surface area contributed by atoms with Gasteiger partial charge in [-0.05, 0) is 59.5 Å². The molecule has 9 heteroatoms. The standard InChI is InChI=1S/C25H20Cl2F3NO3/c1-33-20-12-14-9-10-31(24(32)22-18(26)7-4-8-19(22)27)23(17(14)13-21(20)34-2)15-5-3-6-16(11-15)25(28,29)30/h3-8,11-13,23H,9-10H2,1-2H3/t23-/m1/s1. The number of nitrogens with zero attached hydrogens (tertiary/aromatic N) is 1. The second-order valence-corrected chi connectivity index (χ2v) is 8.59. The Labute approximate surface area is 204 Å². The van der Waals surface area contributed by atoms with Crippen molar-refractivity contribution in [2.75, 3.05) is 20.8 Å². The van der Waals surface area contributed by atoms with Gasteiger partial charge in [0.05, 0.1) is 41.4 Å². The van der Waals surface area contributed by atoms with Gasteiger partial charge >= 0.3 is 6.18 Å². The van der Waals surface area contributed by atoms with Crippen LogP contribution in [0.1, 0.15) is 38.7 Å². The first-order valence-corrected chi connectivity index (χ1v) is 11.1. The number of ether oxygens (including phenoxy) is 2. The van der Waals surface area contributed by atoms with E-state index in [2.05, 4.69) is 0 Å². The highest BCUT2D eigenvalue weighted by molar-refractivity contribution is 6.39. The topological polar surface area (TPSA) is 38.8 Å². The lowest BCUT2D eigenvalue weighted by Gasteiger charge is -2.38. The van der Waals surface area contributed by atoms with Crippen LogP contribution in [0.15, 0.2) is 54.6 Å². The van der Waals surface area contributed by atoms with Gasteiger partial charge in [0.2, 0.25) is 0 Å². The van der Waals surface area contributed by atoms with Gasteiger partial charge in [0.25, 0.3) is 5.91 Å². The Hall–Kier alpha value is -2.90. The molecule has 1 heterocycles. The average molecular weight is 510 g/mol. The molecule has 0 spiro atoms. The van der Waals surface area contributed by atoms with Crippen LogP contribution in [-0.4, -0.2) is 31.6 Å². The number of carbonyl (C=O) groups excluding carboxylic acids is 1. The van der Waals surface area contributed by atoms with Gasteiger partial charge in [0.15, 0.2) is 11.5 Å². The first-order chi connectivity index (χ1) is 16.2. The average Bonchev–Trinajstić information content (AvgIpc) is 2.81. The van der Waals surface area contributed by atoms with Crippen LogP contribution in [0.25, 0.3) is 0 Å². The lowest BCUT2D eigenvalue weighted by Crippen LogP contribution is -2.41. The third kappa shape index (κ3) is 4.42. The van der Waals surface area contributed by atoms with Crippen LogP contribution >= 0.6 is 23.2 Å². The highest BCUT2D eigenvalue weighted by Gasteiger charge is 2.37. The molecular weight excluding hydrogens is 490 g/mol. The Balaban J connectivity index is 1.92. The van der Waals surface area contributed by atoms with Crippen molar-refractivity contribution < 1.29 is 27.4 Å². The van der Waals surface area contributed by atoms with Crippen molar-refractivity contribution in [3.8, 4) is 11.5 Å². The second-order valence-electron chi connectivity index (χ2n) is 7.78. The SMILES string of the molecule is COc1cc2c(cc1OC)[C@@H](c1cccc(C(F)(F)F)c1)N(C(=O)c1c(Cl)cccc1Cl)CC2. The first kappa shape index (κ1) is 24.2. The molecule has 1 amide bonds. The molecule has 0 N–H and O–H groups in total. The largest absolute Gasteiger partial charge is 0.493 e. The summed E-state index contributed by atoms with van der Waals surface area (Å²) < 4.78 is 51.4. The quantitative estimate of drug-likeness (QED) is 0.387. The van der Waals surface area contributed by atoms with Gasteiger partial charge in [-0.1, -0.05) is 41.4 Å². The maximum absolute atomic E-state index is 13.7. The zero-order chi connectivity index (χ0) is 24.6. The summed E-state index contributed by atoms with van der Waals surface area (Å²) in [7, 11) is 2.98. The molecule has 0 unspecified atom stereocenters. The molecule has 0 aromatic heterocycles. The van der Waals surface area contributed by atoms with Gasteiger partial charge in [-0.25, -0.2) is 0 Å². The minimum Gasteiger partial charge on any atom is -0.493 e. The van der Waals surface area contributed by atoms with E-state index in [4.69, 9.17) is 32.7 Å². The Morgan fingerprint density at radius 3 is 2.21 bits per heavy atom. The molecule has 0 saturated carbocycles. The molecular formula is C25H20Cl2F3NO3. The molecule has 3 aromatic rings. The number of benzene rings is 3. The smallest absolute Gasteiger partial charge is 0.416 e. The Morgan fingerprint density at radius 2 is 1.59 bits per heavy atom. The number of hydrogen-bond donors (Lipinski definition) is 0. The van der Waals surface area contributed by atoms with Gasteiger partial charge in [-0.2, -0.15) is 13.2 Å². The van der Waals surface area contributed by atoms with Gasteiger partial charge in [-0.3, -0.25) is 4.79 Å². The molecule has 0 radical (unpaired) electrons. The Kier molecular flexibility index (Phi) is 6.69. The van der Waals surface area contributed by atoms with Crippen molar-refractivity contribution in [3.05, 3.63) is 92.5 Å². The van der Waals surface area contributed by atoms with E-state index in [0.29, 0.717) is 29.0 Å². The van der Waals surface area contributed by atoms with E-state index in [1.807, 2.05) is 0 Å². The number of carbonyl (C=O) groups is 1. The summed E-state index contributed by atoms with van der Waals surface area (Å²) in [6.07, 6.45) is -4.08. The fraction of sp³-hybridized carbons (Fsp3) is 0.240. The summed E-state index contributed by atoms with van der Waals surface area (Å²) in [5.74, 6) is 0.430. The predicted molar refractivity (Wildman–Crippen MR) is 124 cm³/mol. The van der Waals surface area contributed by atoms with Crippen molar-refractivity contribution in [2.24, 2.45) is 0 Å². The van der Waals surface area contributed by atoms with E-state index in [1.165, 1.54) is 25.2 Å². The number of hydrogen-bond acceptors (Lipinski definition) is 3. The molecule has 3 aromatic carbocycles. The van der Waals surface area contributed by atoms with Crippen LogP contribution in [0.3, 0.4) is 0 Å². The van der Waals surface area contributed by atoms with Gasteiger partial charge in [-0.15, -0.1) is 0 Å². The number of rotatable bonds is 4. The zero-order valence-corrected chi connectivity index (χ0v) is 19.8. The van der Waals surface area contributed by atoms with E-state index in [0.717, 1.165) is 17.7 Å². The predicted octanol–water partition coefficient (Wildman–Crippen LogP) is 6.82. The third-order valence-electron chi connectivity index (χ3n) is 5.84. The molecule has 0 aliphatic carbocycles. The molecule has 34 heavy (non-hydrogen) atoms. The molecule has 1 aliphatic heterocycles. The zero-order valence-electron chi connectivity index (χ0n) is 18.2. The maximum atomic E-state index is 13.7. The third-order valence-corrected chi connectivity index (χ3v) is 6.47.